The van der Waals surface area contributed by atoms with Crippen molar-refractivity contribution in [1.29, 1.82) is 0 Å². The molecule has 2 saturated heterocycles. The van der Waals surface area contributed by atoms with Crippen LogP contribution in [0.3, 0.4) is 0 Å². The Morgan fingerprint density at radius 1 is 1.03 bits per heavy atom. The monoisotopic (exact) mass is 458 g/mol. The molecule has 1 aromatic carbocycles. The zero-order chi connectivity index (χ0) is 23.3. The highest BCUT2D eigenvalue weighted by atomic mass is 19.1. The topological polar surface area (TPSA) is 64.2 Å². The molecule has 2 aromatic heterocycles. The minimum absolute atomic E-state index is 0.180. The molecule has 3 N–H and O–H groups in total. The first-order valence-electron chi connectivity index (χ1n) is 11.6. The van der Waals surface area contributed by atoms with Crippen molar-refractivity contribution < 1.29 is 18.3 Å². The number of aliphatic hydroxyl groups is 1. The van der Waals surface area contributed by atoms with E-state index >= 15 is 8.78 Å². The predicted molar refractivity (Wildman–Crippen MR) is 121 cm³/mol. The second-order valence-electron chi connectivity index (χ2n) is 9.60. The van der Waals surface area contributed by atoms with Crippen LogP contribution in [0.5, 0.6) is 0 Å². The Balaban J connectivity index is 1.51. The Kier molecular flexibility index (Phi) is 5.71. The van der Waals surface area contributed by atoms with Gasteiger partial charge in [-0.05, 0) is 55.3 Å². The van der Waals surface area contributed by atoms with Crippen molar-refractivity contribution in [1.82, 2.24) is 20.2 Å². The number of pyridine rings is 1. The molecule has 0 bridgehead atoms. The highest BCUT2D eigenvalue weighted by Crippen LogP contribution is 2.45. The lowest BCUT2D eigenvalue weighted by Crippen LogP contribution is -2.58. The lowest BCUT2D eigenvalue weighted by Gasteiger charge is -2.50. The third-order valence-corrected chi connectivity index (χ3v) is 7.62. The predicted octanol–water partition coefficient (Wildman–Crippen LogP) is 4.17. The van der Waals surface area contributed by atoms with Crippen molar-refractivity contribution in [3.63, 3.8) is 0 Å². The average Bonchev–Trinajstić information content (AvgIpc) is 3.18. The van der Waals surface area contributed by atoms with E-state index in [-0.39, 0.29) is 28.3 Å². The van der Waals surface area contributed by atoms with E-state index in [1.54, 1.807) is 0 Å². The van der Waals surface area contributed by atoms with E-state index in [1.165, 1.54) is 30.6 Å². The Morgan fingerprint density at radius 3 is 2.30 bits per heavy atom. The van der Waals surface area contributed by atoms with Gasteiger partial charge in [-0.25, -0.2) is 18.2 Å². The average molecular weight is 459 g/mol. The lowest BCUT2D eigenvalue weighted by atomic mass is 9.69. The number of hydrogen-bond acceptors (Lipinski definition) is 4. The molecule has 3 aromatic rings. The molecule has 5 rings (SSSR count). The van der Waals surface area contributed by atoms with Gasteiger partial charge in [0.05, 0.1) is 10.9 Å². The fourth-order valence-corrected chi connectivity index (χ4v) is 5.87. The van der Waals surface area contributed by atoms with Crippen molar-refractivity contribution in [3.05, 3.63) is 53.6 Å². The molecular weight excluding hydrogens is 429 g/mol. The number of hydrogen-bond donors (Lipinski definition) is 3. The molecule has 33 heavy (non-hydrogen) atoms. The van der Waals surface area contributed by atoms with Crippen molar-refractivity contribution in [2.45, 2.75) is 38.3 Å². The summed E-state index contributed by atoms with van der Waals surface area (Å²) in [5.74, 6) is -2.89. The van der Waals surface area contributed by atoms with Gasteiger partial charge in [-0.3, -0.25) is 4.90 Å². The fraction of sp³-hybridized carbons (Fsp3) is 0.480. The van der Waals surface area contributed by atoms with E-state index in [1.807, 2.05) is 13.8 Å². The summed E-state index contributed by atoms with van der Waals surface area (Å²) in [5.41, 5.74) is -1.08. The summed E-state index contributed by atoms with van der Waals surface area (Å²) in [6.45, 7) is 6.79. The van der Waals surface area contributed by atoms with Gasteiger partial charge in [-0.15, -0.1) is 0 Å². The summed E-state index contributed by atoms with van der Waals surface area (Å²) in [5, 5.41) is 15.2. The molecule has 2 aliphatic rings. The molecule has 2 fully saturated rings. The third kappa shape index (κ3) is 3.64. The summed E-state index contributed by atoms with van der Waals surface area (Å²) in [7, 11) is 0. The van der Waals surface area contributed by atoms with Crippen LogP contribution in [0.4, 0.5) is 13.2 Å². The summed E-state index contributed by atoms with van der Waals surface area (Å²) in [4.78, 5) is 9.14. The first kappa shape index (κ1) is 22.4. The van der Waals surface area contributed by atoms with Crippen LogP contribution >= 0.6 is 0 Å². The van der Waals surface area contributed by atoms with E-state index < -0.39 is 23.1 Å². The molecule has 0 unspecified atom stereocenters. The standard InChI is InChI=1S/C25H29F3N4O/c1-14-12-32(17-3-6-29-7-4-17)13-15(2)25(14,33)23-19(26)9-16(10-20(23)27)18-5-8-30-24-22(18)21(28)11-31-24/h5,8-11,14-15,17,29,33H,3-4,6-7,12-13H2,1-2H3,(H,30,31)/t14-,15+,25-. The normalized spacial score (nSPS) is 27.3. The minimum atomic E-state index is -1.64. The van der Waals surface area contributed by atoms with E-state index in [0.717, 1.165) is 25.9 Å². The van der Waals surface area contributed by atoms with Gasteiger partial charge in [0, 0.05) is 43.4 Å². The van der Waals surface area contributed by atoms with Gasteiger partial charge in [0.1, 0.15) is 22.9 Å². The Hall–Kier alpha value is -2.42. The van der Waals surface area contributed by atoms with Crippen LogP contribution in [0, 0.1) is 29.3 Å². The van der Waals surface area contributed by atoms with Crippen molar-refractivity contribution in [2.24, 2.45) is 11.8 Å². The van der Waals surface area contributed by atoms with Gasteiger partial charge in [-0.1, -0.05) is 13.8 Å². The zero-order valence-electron chi connectivity index (χ0n) is 18.8. The van der Waals surface area contributed by atoms with Gasteiger partial charge in [0.25, 0.3) is 0 Å². The molecule has 0 amide bonds. The van der Waals surface area contributed by atoms with E-state index in [9.17, 15) is 9.50 Å². The first-order valence-corrected chi connectivity index (χ1v) is 11.6. The molecule has 0 aliphatic carbocycles. The molecule has 5 nitrogen and oxygen atoms in total. The molecule has 0 saturated carbocycles. The second-order valence-corrected chi connectivity index (χ2v) is 9.60. The fourth-order valence-electron chi connectivity index (χ4n) is 5.87. The number of aromatic amines is 1. The summed E-state index contributed by atoms with van der Waals surface area (Å²) >= 11 is 0. The highest BCUT2D eigenvalue weighted by Gasteiger charge is 2.49. The maximum absolute atomic E-state index is 15.5. The van der Waals surface area contributed by atoms with Gasteiger partial charge < -0.3 is 15.4 Å². The van der Waals surface area contributed by atoms with E-state index in [0.29, 0.717) is 30.3 Å². The van der Waals surface area contributed by atoms with Crippen molar-refractivity contribution in [2.75, 3.05) is 26.2 Å². The van der Waals surface area contributed by atoms with Crippen LogP contribution in [-0.2, 0) is 5.60 Å². The molecule has 0 spiro atoms. The summed E-state index contributed by atoms with van der Waals surface area (Å²) < 4.78 is 45.3. The van der Waals surface area contributed by atoms with Crippen LogP contribution in [0.25, 0.3) is 22.2 Å². The number of piperidine rings is 2. The number of H-pyrrole nitrogens is 1. The van der Waals surface area contributed by atoms with E-state index in [2.05, 4.69) is 20.2 Å². The minimum Gasteiger partial charge on any atom is -0.384 e. The molecule has 176 valence electrons. The number of nitrogens with one attached hydrogen (secondary N) is 2. The van der Waals surface area contributed by atoms with Gasteiger partial charge in [0.15, 0.2) is 5.82 Å². The van der Waals surface area contributed by atoms with Crippen LogP contribution in [0.2, 0.25) is 0 Å². The highest BCUT2D eigenvalue weighted by molar-refractivity contribution is 5.93. The van der Waals surface area contributed by atoms with Crippen molar-refractivity contribution in [3.8, 4) is 11.1 Å². The Bertz CT molecular complexity index is 1140. The molecule has 3 atom stereocenters. The number of likely N-dealkylation sites (tertiary alicyclic amines) is 1. The van der Waals surface area contributed by atoms with Gasteiger partial charge in [-0.2, -0.15) is 0 Å². The third-order valence-electron chi connectivity index (χ3n) is 7.62. The van der Waals surface area contributed by atoms with E-state index in [4.69, 9.17) is 0 Å². The molecule has 8 heteroatoms. The molecular formula is C25H29F3N4O. The number of fused-ring (bicyclic) bond motifs is 1. The van der Waals surface area contributed by atoms with Crippen LogP contribution in [0.1, 0.15) is 32.3 Å². The number of halogens is 3. The number of aromatic nitrogens is 2. The first-order chi connectivity index (χ1) is 15.8. The largest absolute Gasteiger partial charge is 0.384 e. The molecule has 4 heterocycles. The molecule has 0 radical (unpaired) electrons. The Labute approximate surface area is 191 Å². The second kappa shape index (κ2) is 8.42. The number of rotatable bonds is 3. The number of benzene rings is 1. The zero-order valence-corrected chi connectivity index (χ0v) is 18.8. The van der Waals surface area contributed by atoms with Crippen LogP contribution < -0.4 is 5.32 Å². The smallest absolute Gasteiger partial charge is 0.150 e. The summed E-state index contributed by atoms with van der Waals surface area (Å²) in [6, 6.07) is 4.33. The van der Waals surface area contributed by atoms with Crippen LogP contribution in [-0.4, -0.2) is 52.2 Å². The van der Waals surface area contributed by atoms with Crippen LogP contribution in [0.15, 0.2) is 30.6 Å². The SMILES string of the molecule is C[C@@H]1CN(C2CCNCC2)C[C@H](C)[C@@]1(O)c1c(F)cc(-c2ccnc3[nH]cc(F)c23)cc1F. The van der Waals surface area contributed by atoms with Gasteiger partial charge in [0.2, 0.25) is 0 Å². The number of nitrogens with zero attached hydrogens (tertiary/aromatic N) is 2. The maximum atomic E-state index is 15.5. The lowest BCUT2D eigenvalue weighted by molar-refractivity contribution is -0.125. The van der Waals surface area contributed by atoms with Gasteiger partial charge >= 0.3 is 0 Å². The van der Waals surface area contributed by atoms with Crippen molar-refractivity contribution >= 4 is 11.0 Å². The Morgan fingerprint density at radius 2 is 1.67 bits per heavy atom. The quantitative estimate of drug-likeness (QED) is 0.551. The summed E-state index contributed by atoms with van der Waals surface area (Å²) in [6.07, 6.45) is 4.70. The maximum Gasteiger partial charge on any atom is 0.150 e. The molecule has 2 aliphatic heterocycles.